The van der Waals surface area contributed by atoms with Crippen LogP contribution in [0.15, 0.2) is 0 Å². The molecule has 1 heterocycles. The van der Waals surface area contributed by atoms with E-state index < -0.39 is 10.0 Å². The van der Waals surface area contributed by atoms with Crippen LogP contribution in [0.3, 0.4) is 0 Å². The number of piperazine rings is 1. The lowest BCUT2D eigenvalue weighted by molar-refractivity contribution is -0.131. The number of nitrogens with zero attached hydrogens (tertiary/aromatic N) is 3. The summed E-state index contributed by atoms with van der Waals surface area (Å²) in [7, 11) is -3.16. The molecule has 0 aromatic carbocycles. The minimum atomic E-state index is -3.16. The highest BCUT2D eigenvalue weighted by molar-refractivity contribution is 7.88. The Morgan fingerprint density at radius 2 is 1.87 bits per heavy atom. The van der Waals surface area contributed by atoms with Crippen LogP contribution in [-0.4, -0.2) is 56.0 Å². The molecule has 0 atom stereocenters. The van der Waals surface area contributed by atoms with Crippen molar-refractivity contribution >= 4 is 15.9 Å². The van der Waals surface area contributed by atoms with Crippen LogP contribution in [0.25, 0.3) is 0 Å². The summed E-state index contributed by atoms with van der Waals surface area (Å²) < 4.78 is 23.7. The van der Waals surface area contributed by atoms with E-state index in [1.807, 2.05) is 0 Å². The summed E-state index contributed by atoms with van der Waals surface area (Å²) in [5, 5.41) is 8.34. The molecule has 0 aromatic heterocycles. The van der Waals surface area contributed by atoms with Crippen LogP contribution in [0.5, 0.6) is 0 Å². The van der Waals surface area contributed by atoms with Crippen molar-refractivity contribution in [3.8, 4) is 6.07 Å². The maximum absolute atomic E-state index is 11.3. The normalized spacial score (nSPS) is 18.5. The Morgan fingerprint density at radius 1 is 1.33 bits per heavy atom. The topological polar surface area (TPSA) is 81.5 Å². The second-order valence-corrected chi connectivity index (χ2v) is 5.36. The highest BCUT2D eigenvalue weighted by Gasteiger charge is 2.25. The maximum Gasteiger partial charge on any atom is 0.236 e. The van der Waals surface area contributed by atoms with E-state index in [1.165, 1.54) is 9.21 Å². The first-order valence-corrected chi connectivity index (χ1v) is 6.40. The van der Waals surface area contributed by atoms with Gasteiger partial charge in [0.15, 0.2) is 0 Å². The quantitative estimate of drug-likeness (QED) is 0.610. The van der Waals surface area contributed by atoms with Gasteiger partial charge < -0.3 is 4.90 Å². The van der Waals surface area contributed by atoms with Gasteiger partial charge in [-0.05, 0) is 0 Å². The molecule has 6 nitrogen and oxygen atoms in total. The summed E-state index contributed by atoms with van der Waals surface area (Å²) in [5.41, 5.74) is 0. The third-order valence-electron chi connectivity index (χ3n) is 2.29. The lowest BCUT2D eigenvalue weighted by Crippen LogP contribution is -2.50. The summed E-state index contributed by atoms with van der Waals surface area (Å²) >= 11 is 0. The summed E-state index contributed by atoms with van der Waals surface area (Å²) in [5.74, 6) is -0.231. The molecule has 1 aliphatic heterocycles. The molecule has 1 saturated heterocycles. The summed E-state index contributed by atoms with van der Waals surface area (Å²) in [6.45, 7) is 1.37. The van der Waals surface area contributed by atoms with Gasteiger partial charge in [0.1, 0.15) is 6.42 Å². The molecule has 0 spiro atoms. The Balaban J connectivity index is 2.50. The van der Waals surface area contributed by atoms with Crippen molar-refractivity contribution in [1.29, 1.82) is 5.26 Å². The van der Waals surface area contributed by atoms with Crippen molar-refractivity contribution in [3.05, 3.63) is 0 Å². The number of amides is 1. The molecule has 0 unspecified atom stereocenters. The SMILES string of the molecule is CS(=O)(=O)N1CCN(C(=O)CC#N)CC1. The van der Waals surface area contributed by atoms with Crippen LogP contribution >= 0.6 is 0 Å². The first-order chi connectivity index (χ1) is 6.95. The molecule has 1 amide bonds. The highest BCUT2D eigenvalue weighted by Crippen LogP contribution is 2.06. The molecule has 84 valence electrons. The molecule has 0 aromatic rings. The lowest BCUT2D eigenvalue weighted by atomic mass is 10.3. The Labute approximate surface area is 89.1 Å². The van der Waals surface area contributed by atoms with E-state index in [1.54, 1.807) is 6.07 Å². The Kier molecular flexibility index (Phi) is 3.66. The third-order valence-corrected chi connectivity index (χ3v) is 3.59. The second kappa shape index (κ2) is 4.59. The largest absolute Gasteiger partial charge is 0.339 e. The fourth-order valence-corrected chi connectivity index (χ4v) is 2.28. The number of hydrogen-bond donors (Lipinski definition) is 0. The van der Waals surface area contributed by atoms with Gasteiger partial charge in [0.2, 0.25) is 15.9 Å². The molecule has 0 N–H and O–H groups in total. The number of sulfonamides is 1. The minimum absolute atomic E-state index is 0.140. The summed E-state index contributed by atoms with van der Waals surface area (Å²) in [4.78, 5) is 12.8. The molecule has 0 saturated carbocycles. The van der Waals surface area contributed by atoms with Gasteiger partial charge >= 0.3 is 0 Å². The second-order valence-electron chi connectivity index (χ2n) is 3.38. The number of carbonyl (C=O) groups is 1. The van der Waals surface area contributed by atoms with Gasteiger partial charge in [-0.2, -0.15) is 9.57 Å². The molecule has 1 rings (SSSR count). The molecule has 1 aliphatic rings. The molecular weight excluding hydrogens is 218 g/mol. The van der Waals surface area contributed by atoms with Crippen molar-refractivity contribution in [3.63, 3.8) is 0 Å². The zero-order chi connectivity index (χ0) is 11.5. The van der Waals surface area contributed by atoms with Crippen molar-refractivity contribution in [2.45, 2.75) is 6.42 Å². The zero-order valence-corrected chi connectivity index (χ0v) is 9.33. The zero-order valence-electron chi connectivity index (χ0n) is 8.51. The average Bonchev–Trinajstić information content (AvgIpc) is 2.17. The van der Waals surface area contributed by atoms with Crippen LogP contribution in [-0.2, 0) is 14.8 Å². The number of hydrogen-bond acceptors (Lipinski definition) is 4. The van der Waals surface area contributed by atoms with Crippen LogP contribution in [0.2, 0.25) is 0 Å². The van der Waals surface area contributed by atoms with E-state index >= 15 is 0 Å². The molecule has 7 heteroatoms. The van der Waals surface area contributed by atoms with Gasteiger partial charge in [0, 0.05) is 26.2 Å². The van der Waals surface area contributed by atoms with Gasteiger partial charge in [-0.3, -0.25) is 4.79 Å². The van der Waals surface area contributed by atoms with E-state index in [9.17, 15) is 13.2 Å². The highest BCUT2D eigenvalue weighted by atomic mass is 32.2. The van der Waals surface area contributed by atoms with Gasteiger partial charge in [-0.15, -0.1) is 0 Å². The fraction of sp³-hybridized carbons (Fsp3) is 0.750. The summed E-state index contributed by atoms with van der Waals surface area (Å²) in [6.07, 6.45) is 1.01. The van der Waals surface area contributed by atoms with Crippen molar-refractivity contribution < 1.29 is 13.2 Å². The van der Waals surface area contributed by atoms with Crippen LogP contribution in [0, 0.1) is 11.3 Å². The molecular formula is C8H13N3O3S. The molecule has 0 radical (unpaired) electrons. The van der Waals surface area contributed by atoms with E-state index in [-0.39, 0.29) is 12.3 Å². The molecule has 0 aliphatic carbocycles. The maximum atomic E-state index is 11.3. The molecule has 1 fully saturated rings. The minimum Gasteiger partial charge on any atom is -0.339 e. The average molecular weight is 231 g/mol. The molecule has 0 bridgehead atoms. The number of rotatable bonds is 2. The van der Waals surface area contributed by atoms with Gasteiger partial charge in [-0.25, -0.2) is 8.42 Å². The van der Waals surface area contributed by atoms with E-state index in [4.69, 9.17) is 5.26 Å². The van der Waals surface area contributed by atoms with Crippen LogP contribution in [0.4, 0.5) is 0 Å². The van der Waals surface area contributed by atoms with Gasteiger partial charge in [0.05, 0.1) is 12.3 Å². The predicted octanol–water partition coefficient (Wildman–Crippen LogP) is -0.996. The van der Waals surface area contributed by atoms with Gasteiger partial charge in [0.25, 0.3) is 0 Å². The number of carbonyl (C=O) groups excluding carboxylic acids is 1. The Bertz CT molecular complexity index is 376. The first kappa shape index (κ1) is 11.9. The van der Waals surface area contributed by atoms with E-state index in [0.717, 1.165) is 6.26 Å². The van der Waals surface area contributed by atoms with Crippen molar-refractivity contribution in [2.75, 3.05) is 32.4 Å². The Hall–Kier alpha value is -1.13. The Morgan fingerprint density at radius 3 is 2.27 bits per heavy atom. The van der Waals surface area contributed by atoms with Crippen molar-refractivity contribution in [2.24, 2.45) is 0 Å². The smallest absolute Gasteiger partial charge is 0.236 e. The summed E-state index contributed by atoms with van der Waals surface area (Å²) in [6, 6.07) is 1.78. The fourth-order valence-electron chi connectivity index (χ4n) is 1.45. The van der Waals surface area contributed by atoms with E-state index in [0.29, 0.717) is 26.2 Å². The third kappa shape index (κ3) is 3.18. The standard InChI is InChI=1S/C8H13N3O3S/c1-15(13,14)11-6-4-10(5-7-11)8(12)2-3-9/h2,4-7H2,1H3. The monoisotopic (exact) mass is 231 g/mol. The van der Waals surface area contributed by atoms with Crippen LogP contribution in [0.1, 0.15) is 6.42 Å². The first-order valence-electron chi connectivity index (χ1n) is 4.55. The van der Waals surface area contributed by atoms with Gasteiger partial charge in [-0.1, -0.05) is 0 Å². The molecule has 15 heavy (non-hydrogen) atoms. The van der Waals surface area contributed by atoms with E-state index in [2.05, 4.69) is 0 Å². The van der Waals surface area contributed by atoms with Crippen LogP contribution < -0.4 is 0 Å². The van der Waals surface area contributed by atoms with Crippen molar-refractivity contribution in [1.82, 2.24) is 9.21 Å². The number of nitriles is 1. The lowest BCUT2D eigenvalue weighted by Gasteiger charge is -2.32. The predicted molar refractivity (Wildman–Crippen MR) is 53.2 cm³/mol.